The summed E-state index contributed by atoms with van der Waals surface area (Å²) in [6.07, 6.45) is 1.04. The fraction of sp³-hybridized carbons (Fsp3) is 0.219. The molecule has 0 aliphatic heterocycles. The molecule has 14 heteroatoms. The Labute approximate surface area is 264 Å². The first-order valence-corrected chi connectivity index (χ1v) is 14.0. The second-order valence-corrected chi connectivity index (χ2v) is 11.3. The van der Waals surface area contributed by atoms with E-state index >= 15 is 8.78 Å². The molecule has 240 valence electrons. The monoisotopic (exact) mass is 660 g/mol. The molecule has 3 N–H and O–H groups in total. The maximum absolute atomic E-state index is 15.9. The highest BCUT2D eigenvalue weighted by Crippen LogP contribution is 2.38. The molecule has 2 heterocycles. The SMILES string of the molecule is COc1cc(C(=O)NC[C@@](O)(c2ccccc2)c2cc(C(C)(C)O)c(F)c(-c3ccc(F)c(Cl)c3F)n2)cc2cn(C(F)F)nc12. The average Bonchev–Trinajstić information content (AvgIpc) is 3.47. The summed E-state index contributed by atoms with van der Waals surface area (Å²) in [6, 6.07) is 13.2. The summed E-state index contributed by atoms with van der Waals surface area (Å²) < 4.78 is 77.2. The maximum atomic E-state index is 15.9. The molecule has 8 nitrogen and oxygen atoms in total. The summed E-state index contributed by atoms with van der Waals surface area (Å²) in [4.78, 5) is 17.6. The average molecular weight is 661 g/mol. The molecule has 0 radical (unpaired) electrons. The van der Waals surface area contributed by atoms with Crippen molar-refractivity contribution in [1.29, 1.82) is 0 Å². The van der Waals surface area contributed by atoms with Crippen LogP contribution in [0.2, 0.25) is 5.02 Å². The predicted molar refractivity (Wildman–Crippen MR) is 159 cm³/mol. The van der Waals surface area contributed by atoms with E-state index in [2.05, 4.69) is 15.4 Å². The number of amides is 1. The van der Waals surface area contributed by atoms with Crippen LogP contribution >= 0.6 is 11.6 Å². The smallest absolute Gasteiger partial charge is 0.333 e. The molecule has 5 rings (SSSR count). The van der Waals surface area contributed by atoms with Crippen LogP contribution in [0.1, 0.15) is 47.6 Å². The Kier molecular flexibility index (Phi) is 8.77. The number of halogens is 6. The topological polar surface area (TPSA) is 110 Å². The number of pyridine rings is 1. The van der Waals surface area contributed by atoms with Crippen molar-refractivity contribution in [3.05, 3.63) is 112 Å². The third-order valence-electron chi connectivity index (χ3n) is 7.36. The van der Waals surface area contributed by atoms with Gasteiger partial charge in [-0.15, -0.1) is 0 Å². The number of carbonyl (C=O) groups excluding carboxylic acids is 1. The van der Waals surface area contributed by atoms with E-state index in [-0.39, 0.29) is 39.0 Å². The summed E-state index contributed by atoms with van der Waals surface area (Å²) >= 11 is 5.76. The number of nitrogens with zero attached hydrogens (tertiary/aromatic N) is 3. The van der Waals surface area contributed by atoms with Gasteiger partial charge in [0.2, 0.25) is 0 Å². The zero-order valence-corrected chi connectivity index (χ0v) is 25.2. The Morgan fingerprint density at radius 1 is 1.04 bits per heavy atom. The van der Waals surface area contributed by atoms with Gasteiger partial charge in [-0.2, -0.15) is 13.9 Å². The Bertz CT molecular complexity index is 1950. The van der Waals surface area contributed by atoms with Crippen molar-refractivity contribution < 1.29 is 41.7 Å². The lowest BCUT2D eigenvalue weighted by molar-refractivity contribution is 0.0573. The van der Waals surface area contributed by atoms with E-state index in [0.717, 1.165) is 24.4 Å². The normalized spacial score (nSPS) is 13.2. The van der Waals surface area contributed by atoms with Gasteiger partial charge in [-0.3, -0.25) is 4.79 Å². The molecule has 0 aliphatic rings. The van der Waals surface area contributed by atoms with E-state index in [1.807, 2.05) is 0 Å². The molecule has 3 aromatic carbocycles. The van der Waals surface area contributed by atoms with Gasteiger partial charge in [-0.25, -0.2) is 22.8 Å². The van der Waals surface area contributed by atoms with Gasteiger partial charge in [0, 0.05) is 28.3 Å². The first kappa shape index (κ1) is 32.8. The zero-order chi connectivity index (χ0) is 33.6. The largest absolute Gasteiger partial charge is 0.494 e. The fourth-order valence-corrected chi connectivity index (χ4v) is 5.11. The van der Waals surface area contributed by atoms with E-state index in [4.69, 9.17) is 16.3 Å². The van der Waals surface area contributed by atoms with Gasteiger partial charge in [-0.05, 0) is 49.7 Å². The Hall–Kier alpha value is -4.59. The number of methoxy groups -OCH3 is 1. The first-order chi connectivity index (χ1) is 21.6. The van der Waals surface area contributed by atoms with E-state index in [0.29, 0.717) is 4.68 Å². The van der Waals surface area contributed by atoms with Gasteiger partial charge < -0.3 is 20.3 Å². The molecule has 0 fully saturated rings. The number of aliphatic hydroxyl groups is 2. The van der Waals surface area contributed by atoms with Gasteiger partial charge in [0.1, 0.15) is 33.4 Å². The summed E-state index contributed by atoms with van der Waals surface area (Å²) in [5, 5.41) is 28.7. The lowest BCUT2D eigenvalue weighted by Gasteiger charge is -2.31. The molecule has 1 amide bonds. The minimum absolute atomic E-state index is 0.0264. The van der Waals surface area contributed by atoms with Crippen molar-refractivity contribution in [3.8, 4) is 17.0 Å². The van der Waals surface area contributed by atoms with Gasteiger partial charge >= 0.3 is 6.55 Å². The number of fused-ring (bicyclic) bond motifs is 1. The van der Waals surface area contributed by atoms with Crippen molar-refractivity contribution >= 4 is 28.4 Å². The van der Waals surface area contributed by atoms with Crippen LogP contribution in [-0.4, -0.2) is 44.5 Å². The second kappa shape index (κ2) is 12.3. The lowest BCUT2D eigenvalue weighted by atomic mass is 9.86. The van der Waals surface area contributed by atoms with E-state index in [1.54, 1.807) is 18.2 Å². The molecule has 46 heavy (non-hydrogen) atoms. The van der Waals surface area contributed by atoms with Crippen molar-refractivity contribution in [1.82, 2.24) is 20.1 Å². The highest BCUT2D eigenvalue weighted by molar-refractivity contribution is 6.31. The van der Waals surface area contributed by atoms with E-state index < -0.39 is 63.9 Å². The number of rotatable bonds is 9. The summed E-state index contributed by atoms with van der Waals surface area (Å²) in [6.45, 7) is -1.01. The zero-order valence-electron chi connectivity index (χ0n) is 24.5. The Morgan fingerprint density at radius 2 is 1.74 bits per heavy atom. The molecule has 0 bridgehead atoms. The van der Waals surface area contributed by atoms with Gasteiger partial charge in [0.25, 0.3) is 5.91 Å². The highest BCUT2D eigenvalue weighted by atomic mass is 35.5. The third-order valence-corrected chi connectivity index (χ3v) is 7.71. The van der Waals surface area contributed by atoms with Crippen LogP contribution in [0.4, 0.5) is 22.0 Å². The van der Waals surface area contributed by atoms with Crippen LogP contribution in [0, 0.1) is 17.5 Å². The molecular weight excluding hydrogens is 635 g/mol. The molecule has 0 spiro atoms. The molecule has 0 saturated heterocycles. The summed E-state index contributed by atoms with van der Waals surface area (Å²) in [5.41, 5.74) is -5.79. The Morgan fingerprint density at radius 3 is 2.37 bits per heavy atom. The maximum Gasteiger partial charge on any atom is 0.333 e. The molecule has 2 aromatic heterocycles. The molecule has 0 unspecified atom stereocenters. The highest BCUT2D eigenvalue weighted by Gasteiger charge is 2.38. The summed E-state index contributed by atoms with van der Waals surface area (Å²) in [7, 11) is 1.28. The van der Waals surface area contributed by atoms with Gasteiger partial charge in [-0.1, -0.05) is 41.9 Å². The molecule has 0 aliphatic carbocycles. The number of nitrogens with one attached hydrogen (secondary N) is 1. The molecule has 1 atom stereocenters. The van der Waals surface area contributed by atoms with Crippen LogP contribution < -0.4 is 10.1 Å². The predicted octanol–water partition coefficient (Wildman–Crippen LogP) is 6.47. The number of benzene rings is 3. The van der Waals surface area contributed by atoms with Crippen LogP contribution in [0.5, 0.6) is 5.75 Å². The number of ether oxygens (including phenoxy) is 1. The number of aromatic nitrogens is 3. The minimum Gasteiger partial charge on any atom is -0.494 e. The second-order valence-electron chi connectivity index (χ2n) is 10.9. The van der Waals surface area contributed by atoms with Crippen LogP contribution in [-0.2, 0) is 11.2 Å². The van der Waals surface area contributed by atoms with Crippen molar-refractivity contribution in [2.24, 2.45) is 0 Å². The molecule has 5 aromatic rings. The fourth-order valence-electron chi connectivity index (χ4n) is 4.95. The first-order valence-electron chi connectivity index (χ1n) is 13.6. The van der Waals surface area contributed by atoms with Gasteiger partial charge in [0.05, 0.1) is 24.9 Å². The van der Waals surface area contributed by atoms with Crippen LogP contribution in [0.15, 0.2) is 66.9 Å². The van der Waals surface area contributed by atoms with Crippen molar-refractivity contribution in [2.45, 2.75) is 31.6 Å². The molecular formula is C32H26ClF5N4O4. The lowest BCUT2D eigenvalue weighted by Crippen LogP contribution is -2.42. The number of alkyl halides is 2. The number of hydrogen-bond acceptors (Lipinski definition) is 6. The van der Waals surface area contributed by atoms with Gasteiger partial charge in [0.15, 0.2) is 11.6 Å². The number of hydrogen-bond donors (Lipinski definition) is 3. The van der Waals surface area contributed by atoms with E-state index in [9.17, 15) is 28.2 Å². The number of carbonyl (C=O) groups is 1. The van der Waals surface area contributed by atoms with Crippen LogP contribution in [0.25, 0.3) is 22.2 Å². The van der Waals surface area contributed by atoms with Crippen molar-refractivity contribution in [3.63, 3.8) is 0 Å². The van der Waals surface area contributed by atoms with E-state index in [1.165, 1.54) is 45.2 Å². The standard InChI is InChI=1S/C32H26ClF5N4O4/c1-31(2,44)20-13-23(40-28(26(20)36)19-9-10-21(34)24(33)25(19)35)32(45,18-7-5-4-6-8-18)15-39-29(43)16-11-17-14-42(30(37)38)41-27(17)22(12-16)46-3/h4-14,30,44-45H,15H2,1-3H3,(H,39,43)/t32-/m1/s1. The Balaban J connectivity index is 1.63. The van der Waals surface area contributed by atoms with Crippen LogP contribution in [0.3, 0.4) is 0 Å². The summed E-state index contributed by atoms with van der Waals surface area (Å²) in [5.74, 6) is -4.28. The minimum atomic E-state index is -2.93. The third kappa shape index (κ3) is 6.00. The quantitative estimate of drug-likeness (QED) is 0.124. The molecule has 0 saturated carbocycles. The van der Waals surface area contributed by atoms with Crippen molar-refractivity contribution in [2.75, 3.05) is 13.7 Å².